The van der Waals surface area contributed by atoms with Gasteiger partial charge in [-0.05, 0) is 42.0 Å². The molecule has 156 valence electrons. The molecule has 2 atom stereocenters. The van der Waals surface area contributed by atoms with Crippen molar-refractivity contribution in [1.82, 2.24) is 5.32 Å². The number of ether oxygens (including phenoxy) is 2. The summed E-state index contributed by atoms with van der Waals surface area (Å²) in [7, 11) is 1.63. The number of hydrogen-bond acceptors (Lipinski definition) is 4. The third kappa shape index (κ3) is 5.30. The van der Waals surface area contributed by atoms with E-state index in [0.717, 1.165) is 11.3 Å². The molecule has 0 aromatic heterocycles. The summed E-state index contributed by atoms with van der Waals surface area (Å²) in [6.45, 7) is 0.453. The Balaban J connectivity index is 1.61. The van der Waals surface area contributed by atoms with E-state index in [1.807, 2.05) is 24.3 Å². The first-order chi connectivity index (χ1) is 14.4. The van der Waals surface area contributed by atoms with Crippen LogP contribution in [0.1, 0.15) is 15.9 Å². The van der Waals surface area contributed by atoms with Crippen LogP contribution in [0.2, 0.25) is 0 Å². The van der Waals surface area contributed by atoms with Crippen LogP contribution in [0.15, 0.2) is 72.8 Å². The van der Waals surface area contributed by atoms with Gasteiger partial charge in [-0.3, -0.25) is 9.59 Å². The van der Waals surface area contributed by atoms with Gasteiger partial charge in [0.05, 0.1) is 13.7 Å². The Morgan fingerprint density at radius 2 is 1.90 bits per heavy atom. The average Bonchev–Trinajstić information content (AvgIpc) is 2.74. The van der Waals surface area contributed by atoms with Crippen LogP contribution < -0.4 is 14.8 Å². The molecule has 0 spiro atoms. The zero-order chi connectivity index (χ0) is 21.6. The number of nitrogens with one attached hydrogen (secondary N) is 1. The summed E-state index contributed by atoms with van der Waals surface area (Å²) in [6, 6.07) is 14.5. The van der Waals surface area contributed by atoms with E-state index in [1.54, 1.807) is 49.6 Å². The molecule has 0 radical (unpaired) electrons. The summed E-state index contributed by atoms with van der Waals surface area (Å²) in [4.78, 5) is 24.3. The summed E-state index contributed by atoms with van der Waals surface area (Å²) < 4.78 is 9.74. The number of aliphatic carboxylic acids is 1. The van der Waals surface area contributed by atoms with Crippen LogP contribution in [0.4, 0.5) is 0 Å². The number of hydrogen-bond donors (Lipinski definition) is 2. The highest BCUT2D eigenvalue weighted by Crippen LogP contribution is 2.31. The maximum absolute atomic E-state index is 12.7. The second-order valence-corrected chi connectivity index (χ2v) is 8.07. The van der Waals surface area contributed by atoms with Crippen molar-refractivity contribution in [3.63, 3.8) is 0 Å². The van der Waals surface area contributed by atoms with Crippen molar-refractivity contribution in [2.45, 2.75) is 10.9 Å². The third-order valence-corrected chi connectivity index (χ3v) is 5.65. The third-order valence-electron chi connectivity index (χ3n) is 4.69. The lowest BCUT2D eigenvalue weighted by Gasteiger charge is -2.31. The first-order valence-corrected chi connectivity index (χ1v) is 10.2. The van der Waals surface area contributed by atoms with E-state index in [1.165, 1.54) is 6.08 Å². The lowest BCUT2D eigenvalue weighted by Crippen LogP contribution is -2.50. The van der Waals surface area contributed by atoms with E-state index in [4.69, 9.17) is 9.47 Å². The summed E-state index contributed by atoms with van der Waals surface area (Å²) in [5, 5.41) is 12.2. The van der Waals surface area contributed by atoms with Gasteiger partial charge in [0.2, 0.25) is 0 Å². The van der Waals surface area contributed by atoms with E-state index in [-0.39, 0.29) is 0 Å². The second-order valence-electron chi connectivity index (χ2n) is 6.76. The minimum Gasteiger partial charge on any atom is -0.497 e. The Labute approximate surface area is 183 Å². The Kier molecular flexibility index (Phi) is 6.95. The fourth-order valence-corrected chi connectivity index (χ4v) is 3.73. The number of halogens is 1. The van der Waals surface area contributed by atoms with Crippen LogP contribution in [0.25, 0.3) is 0 Å². The molecule has 7 heteroatoms. The van der Waals surface area contributed by atoms with Crippen molar-refractivity contribution in [2.75, 3.05) is 13.7 Å². The first kappa shape index (κ1) is 21.6. The van der Waals surface area contributed by atoms with Gasteiger partial charge >= 0.3 is 5.97 Å². The topological polar surface area (TPSA) is 84.9 Å². The van der Waals surface area contributed by atoms with Gasteiger partial charge in [-0.1, -0.05) is 52.4 Å². The quantitative estimate of drug-likeness (QED) is 0.449. The maximum atomic E-state index is 12.7. The predicted octanol–water partition coefficient (Wildman–Crippen LogP) is 3.96. The van der Waals surface area contributed by atoms with Gasteiger partial charge in [0.25, 0.3) is 5.91 Å². The van der Waals surface area contributed by atoms with Gasteiger partial charge in [0.15, 0.2) is 0 Å². The normalized spacial score (nSPS) is 19.9. The Morgan fingerprint density at radius 1 is 1.13 bits per heavy atom. The lowest BCUT2D eigenvalue weighted by molar-refractivity contribution is -0.140. The van der Waals surface area contributed by atoms with E-state index < -0.39 is 22.2 Å². The van der Waals surface area contributed by atoms with Crippen LogP contribution in [0, 0.1) is 5.92 Å². The molecule has 2 N–H and O–H groups in total. The highest BCUT2D eigenvalue weighted by molar-refractivity contribution is 9.10. The summed E-state index contributed by atoms with van der Waals surface area (Å²) in [6.07, 6.45) is 7.17. The molecule has 1 aliphatic rings. The molecular formula is C23H22BrNO5. The Morgan fingerprint density at radius 3 is 2.60 bits per heavy atom. The predicted molar refractivity (Wildman–Crippen MR) is 117 cm³/mol. The second kappa shape index (κ2) is 9.63. The number of alkyl halides is 1. The molecule has 3 rings (SSSR count). The molecular weight excluding hydrogens is 450 g/mol. The van der Waals surface area contributed by atoms with E-state index in [2.05, 4.69) is 21.2 Å². The zero-order valence-electron chi connectivity index (χ0n) is 16.4. The number of methoxy groups -OCH3 is 1. The molecule has 0 heterocycles. The lowest BCUT2D eigenvalue weighted by atomic mass is 9.94. The molecule has 0 aliphatic heterocycles. The smallest absolute Gasteiger partial charge is 0.314 e. The first-order valence-electron chi connectivity index (χ1n) is 9.37. The highest BCUT2D eigenvalue weighted by atomic mass is 79.9. The zero-order valence-corrected chi connectivity index (χ0v) is 18.0. The van der Waals surface area contributed by atoms with Crippen LogP contribution in [-0.2, 0) is 11.2 Å². The summed E-state index contributed by atoms with van der Waals surface area (Å²) in [5.74, 6) is -0.998. The van der Waals surface area contributed by atoms with Gasteiger partial charge in [-0.2, -0.15) is 0 Å². The number of rotatable bonds is 8. The monoisotopic (exact) mass is 471 g/mol. The number of amides is 1. The van der Waals surface area contributed by atoms with Gasteiger partial charge < -0.3 is 19.9 Å². The number of carbonyl (C=O) groups excluding carboxylic acids is 1. The molecule has 0 fully saturated rings. The van der Waals surface area contributed by atoms with Gasteiger partial charge in [-0.25, -0.2) is 0 Å². The van der Waals surface area contributed by atoms with Crippen molar-refractivity contribution in [3.05, 3.63) is 84.0 Å². The largest absolute Gasteiger partial charge is 0.497 e. The molecule has 0 saturated heterocycles. The average molecular weight is 472 g/mol. The minimum absolute atomic E-state index is 0.378. The van der Waals surface area contributed by atoms with Crippen LogP contribution >= 0.6 is 15.9 Å². The molecule has 2 aromatic rings. The highest BCUT2D eigenvalue weighted by Gasteiger charge is 2.40. The van der Waals surface area contributed by atoms with Crippen molar-refractivity contribution in [1.29, 1.82) is 0 Å². The number of allylic oxidation sites excluding steroid dienone is 2. The van der Waals surface area contributed by atoms with Crippen LogP contribution in [-0.4, -0.2) is 35.1 Å². The number of carboxylic acids is 1. The molecule has 2 aromatic carbocycles. The fourth-order valence-electron chi connectivity index (χ4n) is 3.05. The number of carbonyl (C=O) groups is 2. The van der Waals surface area contributed by atoms with Crippen molar-refractivity contribution in [2.24, 2.45) is 5.92 Å². The molecule has 1 aliphatic carbocycles. The maximum Gasteiger partial charge on any atom is 0.314 e. The molecule has 1 amide bonds. The Hall–Kier alpha value is -3.06. The van der Waals surface area contributed by atoms with Crippen molar-refractivity contribution < 1.29 is 24.2 Å². The van der Waals surface area contributed by atoms with E-state index in [0.29, 0.717) is 24.3 Å². The van der Waals surface area contributed by atoms with Crippen LogP contribution in [0.3, 0.4) is 0 Å². The summed E-state index contributed by atoms with van der Waals surface area (Å²) in [5.41, 5.74) is 1.49. The van der Waals surface area contributed by atoms with E-state index >= 15 is 0 Å². The Bertz CT molecular complexity index is 970. The van der Waals surface area contributed by atoms with Crippen molar-refractivity contribution in [3.8, 4) is 11.5 Å². The molecule has 2 unspecified atom stereocenters. The molecule has 0 saturated carbocycles. The minimum atomic E-state index is -1.20. The number of benzene rings is 2. The molecule has 30 heavy (non-hydrogen) atoms. The fraction of sp³-hybridized carbons (Fsp3) is 0.217. The molecule has 0 bridgehead atoms. The molecule has 6 nitrogen and oxygen atoms in total. The van der Waals surface area contributed by atoms with Gasteiger partial charge in [-0.15, -0.1) is 0 Å². The summed E-state index contributed by atoms with van der Waals surface area (Å²) >= 11 is 3.37. The van der Waals surface area contributed by atoms with Gasteiger partial charge in [0, 0.05) is 12.0 Å². The number of carboxylic acid groups (broad SMARTS) is 1. The van der Waals surface area contributed by atoms with Crippen molar-refractivity contribution >= 4 is 27.8 Å². The van der Waals surface area contributed by atoms with E-state index in [9.17, 15) is 14.7 Å². The van der Waals surface area contributed by atoms with Gasteiger partial charge in [0.1, 0.15) is 21.9 Å². The van der Waals surface area contributed by atoms with Crippen LogP contribution in [0.5, 0.6) is 11.5 Å². The SMILES string of the molecule is COc1ccc(CCOc2cccc(C(=O)NC3(Br)C=CC=CC3C(=O)O)c2)cc1. The standard InChI is InChI=1S/C23H22BrNO5/c1-29-18-10-8-16(9-11-18)12-14-30-19-6-4-5-17(15-19)21(26)25-23(24)13-3-2-7-20(23)22(27)28/h2-11,13,15,20H,12,14H2,1H3,(H,25,26)(H,27,28).